The lowest BCUT2D eigenvalue weighted by Crippen LogP contribution is -2.29. The van der Waals surface area contributed by atoms with Crippen LogP contribution in [-0.2, 0) is 15.3 Å². The number of hydrogen-bond donors (Lipinski definition) is 0. The second-order valence-corrected chi connectivity index (χ2v) is 3.59. The monoisotopic (exact) mass is 264 g/mol. The maximum atomic E-state index is 12.0. The zero-order valence-corrected chi connectivity index (χ0v) is 10.4. The van der Waals surface area contributed by atoms with Gasteiger partial charge in [0.1, 0.15) is 5.75 Å². The van der Waals surface area contributed by atoms with Crippen LogP contribution < -0.4 is 4.74 Å². The molecule has 1 aromatic carbocycles. The van der Waals surface area contributed by atoms with Gasteiger partial charge >= 0.3 is 6.36 Å². The number of ether oxygens (including phenoxy) is 3. The largest absolute Gasteiger partial charge is 0.573 e. The van der Waals surface area contributed by atoms with Gasteiger partial charge in [0.2, 0.25) is 0 Å². The zero-order valence-electron chi connectivity index (χ0n) is 10.4. The highest BCUT2D eigenvalue weighted by Gasteiger charge is 2.32. The van der Waals surface area contributed by atoms with Crippen LogP contribution in [0.3, 0.4) is 0 Å². The van der Waals surface area contributed by atoms with Crippen molar-refractivity contribution in [3.63, 3.8) is 0 Å². The number of halogens is 3. The van der Waals surface area contributed by atoms with Crippen LogP contribution in [0.25, 0.3) is 0 Å². The molecule has 3 nitrogen and oxygen atoms in total. The molecule has 1 rings (SSSR count). The van der Waals surface area contributed by atoms with Crippen LogP contribution in [0.4, 0.5) is 13.2 Å². The van der Waals surface area contributed by atoms with Crippen molar-refractivity contribution in [1.82, 2.24) is 0 Å². The maximum absolute atomic E-state index is 12.0. The molecule has 0 radical (unpaired) electrons. The Bertz CT molecular complexity index is 361. The molecule has 0 bridgehead atoms. The maximum Gasteiger partial charge on any atom is 0.573 e. The van der Waals surface area contributed by atoms with Crippen LogP contribution >= 0.6 is 0 Å². The highest BCUT2D eigenvalue weighted by Crippen LogP contribution is 2.31. The van der Waals surface area contributed by atoms with Gasteiger partial charge in [-0.25, -0.2) is 0 Å². The molecule has 1 aromatic rings. The molecule has 0 amide bonds. The van der Waals surface area contributed by atoms with Crippen molar-refractivity contribution in [2.24, 2.45) is 0 Å². The number of rotatable bonds is 5. The van der Waals surface area contributed by atoms with Gasteiger partial charge < -0.3 is 14.2 Å². The van der Waals surface area contributed by atoms with E-state index in [1.54, 1.807) is 0 Å². The first-order valence-corrected chi connectivity index (χ1v) is 5.33. The molecule has 0 saturated carbocycles. The molecule has 0 spiro atoms. The van der Waals surface area contributed by atoms with Gasteiger partial charge in [-0.1, -0.05) is 6.92 Å². The van der Waals surface area contributed by atoms with Gasteiger partial charge in [0.15, 0.2) is 5.79 Å². The Labute approximate surface area is 103 Å². The average Bonchev–Trinajstić information content (AvgIpc) is 2.32. The van der Waals surface area contributed by atoms with E-state index >= 15 is 0 Å². The van der Waals surface area contributed by atoms with E-state index in [0.29, 0.717) is 12.0 Å². The number of hydrogen-bond acceptors (Lipinski definition) is 3. The molecule has 0 N–H and O–H groups in total. The zero-order chi connectivity index (χ0) is 13.8. The van der Waals surface area contributed by atoms with E-state index in [-0.39, 0.29) is 5.75 Å². The first-order chi connectivity index (χ1) is 8.37. The molecule has 0 aliphatic carbocycles. The first-order valence-electron chi connectivity index (χ1n) is 5.33. The van der Waals surface area contributed by atoms with Gasteiger partial charge in [-0.3, -0.25) is 0 Å². The van der Waals surface area contributed by atoms with Gasteiger partial charge in [-0.2, -0.15) is 0 Å². The molecular weight excluding hydrogens is 249 g/mol. The molecule has 0 aromatic heterocycles. The Morgan fingerprint density at radius 2 is 1.50 bits per heavy atom. The van der Waals surface area contributed by atoms with Gasteiger partial charge in [0.05, 0.1) is 0 Å². The number of methoxy groups -OCH3 is 2. The minimum atomic E-state index is -4.69. The standard InChI is InChI=1S/C12H15F3O3/c1-4-11(16-2,17-3)9-5-7-10(8-6-9)18-12(13,14)15/h5-8H,4H2,1-3H3. The number of alkyl halides is 3. The molecule has 0 atom stereocenters. The van der Waals surface area contributed by atoms with Crippen molar-refractivity contribution >= 4 is 0 Å². The molecule has 0 aliphatic rings. The van der Waals surface area contributed by atoms with Crippen LogP contribution in [-0.4, -0.2) is 20.6 Å². The van der Waals surface area contributed by atoms with Crippen molar-refractivity contribution < 1.29 is 27.4 Å². The molecule has 102 valence electrons. The van der Waals surface area contributed by atoms with Crippen LogP contribution in [0.15, 0.2) is 24.3 Å². The normalized spacial score (nSPS) is 12.6. The molecule has 18 heavy (non-hydrogen) atoms. The van der Waals surface area contributed by atoms with E-state index in [4.69, 9.17) is 9.47 Å². The van der Waals surface area contributed by atoms with E-state index in [1.165, 1.54) is 38.5 Å². The van der Waals surface area contributed by atoms with E-state index in [1.807, 2.05) is 6.92 Å². The lowest BCUT2D eigenvalue weighted by Gasteiger charge is -2.30. The van der Waals surface area contributed by atoms with Gasteiger partial charge in [-0.15, -0.1) is 13.2 Å². The topological polar surface area (TPSA) is 27.7 Å². The lowest BCUT2D eigenvalue weighted by atomic mass is 10.0. The molecule has 0 heterocycles. The Morgan fingerprint density at radius 3 is 1.83 bits per heavy atom. The molecule has 6 heteroatoms. The molecular formula is C12H15F3O3. The Balaban J connectivity index is 2.94. The fourth-order valence-electron chi connectivity index (χ4n) is 1.72. The van der Waals surface area contributed by atoms with E-state index in [0.717, 1.165) is 0 Å². The summed E-state index contributed by atoms with van der Waals surface area (Å²) >= 11 is 0. The summed E-state index contributed by atoms with van der Waals surface area (Å²) in [6.45, 7) is 1.85. The van der Waals surface area contributed by atoms with E-state index in [2.05, 4.69) is 4.74 Å². The second-order valence-electron chi connectivity index (χ2n) is 3.59. The summed E-state index contributed by atoms with van der Waals surface area (Å²) in [5.41, 5.74) is 0.629. The second kappa shape index (κ2) is 5.58. The third-order valence-corrected chi connectivity index (χ3v) is 2.65. The van der Waals surface area contributed by atoms with Crippen molar-refractivity contribution in [2.45, 2.75) is 25.5 Å². The summed E-state index contributed by atoms with van der Waals surface area (Å²) in [4.78, 5) is 0. The van der Waals surface area contributed by atoms with E-state index in [9.17, 15) is 13.2 Å². The summed E-state index contributed by atoms with van der Waals surface area (Å²) in [5, 5.41) is 0. The van der Waals surface area contributed by atoms with Crippen molar-refractivity contribution in [1.29, 1.82) is 0 Å². The summed E-state index contributed by atoms with van der Waals surface area (Å²) in [6.07, 6.45) is -4.16. The quantitative estimate of drug-likeness (QED) is 0.762. The lowest BCUT2D eigenvalue weighted by molar-refractivity contribution is -0.274. The van der Waals surface area contributed by atoms with E-state index < -0.39 is 12.1 Å². The SMILES string of the molecule is CCC(OC)(OC)c1ccc(OC(F)(F)F)cc1. The van der Waals surface area contributed by atoms with Crippen molar-refractivity contribution in [2.75, 3.05) is 14.2 Å². The predicted molar refractivity (Wildman–Crippen MR) is 59.1 cm³/mol. The summed E-state index contributed by atoms with van der Waals surface area (Å²) < 4.78 is 50.4. The Hall–Kier alpha value is -1.27. The Kier molecular flexibility index (Phi) is 4.59. The number of benzene rings is 1. The highest BCUT2D eigenvalue weighted by atomic mass is 19.4. The molecule has 0 fully saturated rings. The average molecular weight is 264 g/mol. The van der Waals surface area contributed by atoms with Crippen LogP contribution in [0.1, 0.15) is 18.9 Å². The van der Waals surface area contributed by atoms with Gasteiger partial charge in [0, 0.05) is 26.2 Å². The smallest absolute Gasteiger partial charge is 0.406 e. The van der Waals surface area contributed by atoms with Gasteiger partial charge in [0.25, 0.3) is 0 Å². The van der Waals surface area contributed by atoms with Crippen molar-refractivity contribution in [3.8, 4) is 5.75 Å². The summed E-state index contributed by atoms with van der Waals surface area (Å²) in [7, 11) is 2.96. The minimum absolute atomic E-state index is 0.275. The predicted octanol–water partition coefficient (Wildman–Crippen LogP) is 3.44. The van der Waals surface area contributed by atoms with Crippen LogP contribution in [0.5, 0.6) is 5.75 Å². The third-order valence-electron chi connectivity index (χ3n) is 2.65. The third kappa shape index (κ3) is 3.36. The first kappa shape index (κ1) is 14.8. The van der Waals surface area contributed by atoms with Crippen molar-refractivity contribution in [3.05, 3.63) is 29.8 Å². The fraction of sp³-hybridized carbons (Fsp3) is 0.500. The molecule has 0 aliphatic heterocycles. The van der Waals surface area contributed by atoms with Crippen LogP contribution in [0, 0.1) is 0 Å². The fourth-order valence-corrected chi connectivity index (χ4v) is 1.72. The Morgan fingerprint density at radius 1 is 1.00 bits per heavy atom. The molecule has 0 unspecified atom stereocenters. The summed E-state index contributed by atoms with van der Waals surface area (Å²) in [5.74, 6) is -1.22. The minimum Gasteiger partial charge on any atom is -0.406 e. The van der Waals surface area contributed by atoms with Gasteiger partial charge in [-0.05, 0) is 24.3 Å². The van der Waals surface area contributed by atoms with Crippen LogP contribution in [0.2, 0.25) is 0 Å². The highest BCUT2D eigenvalue weighted by molar-refractivity contribution is 5.30. The summed E-state index contributed by atoms with van der Waals surface area (Å²) in [6, 6.07) is 5.42. The molecule has 0 saturated heterocycles.